The van der Waals surface area contributed by atoms with Crippen molar-refractivity contribution >= 4 is 23.2 Å². The Morgan fingerprint density at radius 2 is 2.05 bits per heavy atom. The summed E-state index contributed by atoms with van der Waals surface area (Å²) in [5.41, 5.74) is 0. The van der Waals surface area contributed by atoms with Crippen LogP contribution < -0.4 is 10.1 Å². The molecule has 1 N–H and O–H groups in total. The van der Waals surface area contributed by atoms with Crippen LogP contribution in [0.4, 0.5) is 0 Å². The van der Waals surface area contributed by atoms with Gasteiger partial charge in [0, 0.05) is 24.1 Å². The van der Waals surface area contributed by atoms with Gasteiger partial charge < -0.3 is 14.8 Å². The largest absolute Gasteiger partial charge is 0.486 e. The highest BCUT2D eigenvalue weighted by Crippen LogP contribution is 2.34. The van der Waals surface area contributed by atoms with Gasteiger partial charge in [0.05, 0.1) is 5.02 Å². The van der Waals surface area contributed by atoms with Crippen LogP contribution in [0.15, 0.2) is 18.2 Å². The van der Waals surface area contributed by atoms with Crippen molar-refractivity contribution in [3.8, 4) is 5.75 Å². The van der Waals surface area contributed by atoms with E-state index in [9.17, 15) is 0 Å². The SMILES string of the molecule is CCCNC1CC(Oc2ccc(Cl)cc2Cl)C1OCCC. The average Bonchev–Trinajstić information content (AvgIpc) is 2.44. The first-order chi connectivity index (χ1) is 10.2. The molecule has 0 amide bonds. The number of ether oxygens (including phenoxy) is 2. The first-order valence-electron chi connectivity index (χ1n) is 7.62. The molecule has 2 rings (SSSR count). The van der Waals surface area contributed by atoms with Crippen molar-refractivity contribution in [2.24, 2.45) is 0 Å². The maximum atomic E-state index is 6.16. The zero-order chi connectivity index (χ0) is 15.2. The summed E-state index contributed by atoms with van der Waals surface area (Å²) in [4.78, 5) is 0. The lowest BCUT2D eigenvalue weighted by atomic mass is 9.85. The van der Waals surface area contributed by atoms with E-state index in [0.29, 0.717) is 21.8 Å². The summed E-state index contributed by atoms with van der Waals surface area (Å²) in [6.07, 6.45) is 3.19. The van der Waals surface area contributed by atoms with E-state index in [1.54, 1.807) is 12.1 Å². The second-order valence-corrected chi connectivity index (χ2v) is 6.21. The van der Waals surface area contributed by atoms with Crippen LogP contribution in [0.3, 0.4) is 0 Å². The van der Waals surface area contributed by atoms with E-state index in [4.69, 9.17) is 32.7 Å². The third-order valence-electron chi connectivity index (χ3n) is 3.59. The first-order valence-corrected chi connectivity index (χ1v) is 8.38. The fraction of sp³-hybridized carbons (Fsp3) is 0.625. The minimum atomic E-state index is 0.0459. The van der Waals surface area contributed by atoms with E-state index in [0.717, 1.165) is 32.4 Å². The van der Waals surface area contributed by atoms with Crippen molar-refractivity contribution in [3.05, 3.63) is 28.2 Å². The van der Waals surface area contributed by atoms with Gasteiger partial charge in [0.1, 0.15) is 18.0 Å². The second kappa shape index (κ2) is 8.23. The van der Waals surface area contributed by atoms with Crippen LogP contribution in [0, 0.1) is 0 Å². The van der Waals surface area contributed by atoms with E-state index in [1.165, 1.54) is 0 Å². The Balaban J connectivity index is 1.95. The molecule has 118 valence electrons. The third kappa shape index (κ3) is 4.49. The number of hydrogen-bond donors (Lipinski definition) is 1. The molecule has 3 atom stereocenters. The molecule has 1 aliphatic carbocycles. The highest BCUT2D eigenvalue weighted by Gasteiger charge is 2.43. The molecule has 1 saturated carbocycles. The summed E-state index contributed by atoms with van der Waals surface area (Å²) in [5.74, 6) is 0.671. The van der Waals surface area contributed by atoms with E-state index < -0.39 is 0 Å². The van der Waals surface area contributed by atoms with E-state index in [1.807, 2.05) is 6.07 Å². The maximum absolute atomic E-state index is 6.16. The van der Waals surface area contributed by atoms with Crippen LogP contribution in [0.5, 0.6) is 5.75 Å². The minimum Gasteiger partial charge on any atom is -0.486 e. The molecule has 1 fully saturated rings. The van der Waals surface area contributed by atoms with Crippen molar-refractivity contribution in [3.63, 3.8) is 0 Å². The van der Waals surface area contributed by atoms with Crippen LogP contribution in [-0.4, -0.2) is 31.4 Å². The van der Waals surface area contributed by atoms with Gasteiger partial charge in [0.15, 0.2) is 0 Å². The molecule has 1 aromatic carbocycles. The van der Waals surface area contributed by atoms with Crippen molar-refractivity contribution in [1.29, 1.82) is 0 Å². The minimum absolute atomic E-state index is 0.0459. The predicted octanol–water partition coefficient (Wildman–Crippen LogP) is 4.31. The molecule has 0 heterocycles. The standard InChI is InChI=1S/C16H23Cl2NO2/c1-3-7-19-13-10-15(16(13)20-8-4-2)21-14-6-5-11(17)9-12(14)18/h5-6,9,13,15-16,19H,3-4,7-8,10H2,1-2H3. The quantitative estimate of drug-likeness (QED) is 0.770. The zero-order valence-electron chi connectivity index (χ0n) is 12.6. The van der Waals surface area contributed by atoms with Gasteiger partial charge in [-0.05, 0) is 37.6 Å². The molecule has 1 aliphatic rings. The normalized spacial score (nSPS) is 24.7. The van der Waals surface area contributed by atoms with Gasteiger partial charge in [-0.15, -0.1) is 0 Å². The lowest BCUT2D eigenvalue weighted by molar-refractivity contribution is -0.107. The summed E-state index contributed by atoms with van der Waals surface area (Å²) in [6.45, 7) is 6.03. The highest BCUT2D eigenvalue weighted by atomic mass is 35.5. The van der Waals surface area contributed by atoms with Gasteiger partial charge in [0.2, 0.25) is 0 Å². The number of benzene rings is 1. The first kappa shape index (κ1) is 16.9. The molecule has 0 spiro atoms. The van der Waals surface area contributed by atoms with Crippen molar-refractivity contribution in [2.75, 3.05) is 13.2 Å². The van der Waals surface area contributed by atoms with Crippen LogP contribution in [-0.2, 0) is 4.74 Å². The lowest BCUT2D eigenvalue weighted by Gasteiger charge is -2.44. The van der Waals surface area contributed by atoms with E-state index >= 15 is 0 Å². The molecule has 21 heavy (non-hydrogen) atoms. The summed E-state index contributed by atoms with van der Waals surface area (Å²) in [7, 11) is 0. The third-order valence-corrected chi connectivity index (χ3v) is 4.12. The summed E-state index contributed by atoms with van der Waals surface area (Å²) in [6, 6.07) is 5.67. The molecular formula is C16H23Cl2NO2. The number of halogens is 2. The Hall–Kier alpha value is -0.480. The Morgan fingerprint density at radius 1 is 1.24 bits per heavy atom. The van der Waals surface area contributed by atoms with Gasteiger partial charge >= 0.3 is 0 Å². The molecule has 0 aliphatic heterocycles. The van der Waals surface area contributed by atoms with Gasteiger partial charge in [-0.3, -0.25) is 0 Å². The van der Waals surface area contributed by atoms with Crippen LogP contribution in [0.25, 0.3) is 0 Å². The summed E-state index contributed by atoms with van der Waals surface area (Å²) >= 11 is 12.1. The summed E-state index contributed by atoms with van der Waals surface area (Å²) in [5, 5.41) is 4.66. The van der Waals surface area contributed by atoms with Crippen LogP contribution in [0.1, 0.15) is 33.1 Å². The second-order valence-electron chi connectivity index (χ2n) is 5.36. The Bertz CT molecular complexity index is 456. The monoisotopic (exact) mass is 331 g/mol. The lowest BCUT2D eigenvalue weighted by Crippen LogP contribution is -2.61. The van der Waals surface area contributed by atoms with Gasteiger partial charge in [0.25, 0.3) is 0 Å². The van der Waals surface area contributed by atoms with E-state index in [-0.39, 0.29) is 12.2 Å². The fourth-order valence-electron chi connectivity index (χ4n) is 2.44. The van der Waals surface area contributed by atoms with Gasteiger partial charge in [-0.1, -0.05) is 37.0 Å². The molecular weight excluding hydrogens is 309 g/mol. The molecule has 0 aromatic heterocycles. The van der Waals surface area contributed by atoms with Crippen molar-refractivity contribution in [2.45, 2.75) is 51.4 Å². The molecule has 1 aromatic rings. The van der Waals surface area contributed by atoms with Crippen LogP contribution >= 0.6 is 23.2 Å². The zero-order valence-corrected chi connectivity index (χ0v) is 14.1. The number of rotatable bonds is 8. The van der Waals surface area contributed by atoms with Crippen molar-refractivity contribution in [1.82, 2.24) is 5.32 Å². The molecule has 0 radical (unpaired) electrons. The molecule has 3 nitrogen and oxygen atoms in total. The Kier molecular flexibility index (Phi) is 6.62. The van der Waals surface area contributed by atoms with E-state index in [2.05, 4.69) is 19.2 Å². The topological polar surface area (TPSA) is 30.5 Å². The van der Waals surface area contributed by atoms with Gasteiger partial charge in [-0.2, -0.15) is 0 Å². The smallest absolute Gasteiger partial charge is 0.138 e. The van der Waals surface area contributed by atoms with Crippen molar-refractivity contribution < 1.29 is 9.47 Å². The molecule has 0 bridgehead atoms. The highest BCUT2D eigenvalue weighted by molar-refractivity contribution is 6.35. The Morgan fingerprint density at radius 3 is 2.71 bits per heavy atom. The molecule has 0 saturated heterocycles. The van der Waals surface area contributed by atoms with Gasteiger partial charge in [-0.25, -0.2) is 0 Å². The van der Waals surface area contributed by atoms with Crippen LogP contribution in [0.2, 0.25) is 10.0 Å². The Labute approximate surface area is 136 Å². The average molecular weight is 332 g/mol. The predicted molar refractivity (Wildman–Crippen MR) is 87.6 cm³/mol. The number of hydrogen-bond acceptors (Lipinski definition) is 3. The maximum Gasteiger partial charge on any atom is 0.138 e. The molecule has 3 unspecified atom stereocenters. The fourth-order valence-corrected chi connectivity index (χ4v) is 2.89. The summed E-state index contributed by atoms with van der Waals surface area (Å²) < 4.78 is 11.9. The number of nitrogens with one attached hydrogen (secondary N) is 1. The molecule has 5 heteroatoms.